The Kier molecular flexibility index (Phi) is 4.55. The first-order valence-corrected chi connectivity index (χ1v) is 14.5. The molecule has 9 aromatic rings. The van der Waals surface area contributed by atoms with E-state index in [1.807, 2.05) is 0 Å². The van der Waals surface area contributed by atoms with Crippen LogP contribution in [0.5, 0.6) is 0 Å². The molecule has 0 radical (unpaired) electrons. The summed E-state index contributed by atoms with van der Waals surface area (Å²) < 4.78 is 6.88. The summed E-state index contributed by atoms with van der Waals surface area (Å²) in [6, 6.07) is 47.7. The number of benzene rings is 6. The minimum atomic E-state index is 0.701. The van der Waals surface area contributed by atoms with Gasteiger partial charge in [-0.2, -0.15) is 5.26 Å². The third kappa shape index (κ3) is 2.96. The average Bonchev–Trinajstić information content (AvgIpc) is 3.68. The third-order valence-electron chi connectivity index (χ3n) is 8.36. The summed E-state index contributed by atoms with van der Waals surface area (Å²) >= 11 is 1.70. The van der Waals surface area contributed by atoms with E-state index in [-0.39, 0.29) is 0 Å². The van der Waals surface area contributed by atoms with Crippen molar-refractivity contribution in [1.29, 1.82) is 5.26 Å². The van der Waals surface area contributed by atoms with Crippen LogP contribution in [0.25, 0.3) is 75.2 Å². The number of nitriles is 1. The Hall–Kier alpha value is -5.37. The molecule has 3 heterocycles. The van der Waals surface area contributed by atoms with Crippen molar-refractivity contribution in [1.82, 2.24) is 9.13 Å². The van der Waals surface area contributed by atoms with E-state index in [1.165, 1.54) is 31.6 Å². The van der Waals surface area contributed by atoms with Gasteiger partial charge in [-0.15, -0.1) is 11.3 Å². The van der Waals surface area contributed by atoms with E-state index in [4.69, 9.17) is 0 Å². The van der Waals surface area contributed by atoms with Gasteiger partial charge in [-0.05, 0) is 36.4 Å². The number of aromatic nitrogens is 2. The second kappa shape index (κ2) is 8.32. The average molecular weight is 540 g/mol. The Bertz CT molecular complexity index is 2450. The Balaban J connectivity index is 1.58. The summed E-state index contributed by atoms with van der Waals surface area (Å²) in [4.78, 5) is 0. The second-order valence-electron chi connectivity index (χ2n) is 10.4. The normalized spacial score (nSPS) is 11.9. The van der Waals surface area contributed by atoms with Gasteiger partial charge in [0.15, 0.2) is 0 Å². The Morgan fingerprint density at radius 2 is 0.927 bits per heavy atom. The lowest BCUT2D eigenvalue weighted by atomic mass is 10.0. The number of hydrogen-bond acceptors (Lipinski definition) is 2. The first-order chi connectivity index (χ1) is 20.3. The molecular weight excluding hydrogens is 518 g/mol. The Labute approximate surface area is 239 Å². The van der Waals surface area contributed by atoms with E-state index in [2.05, 4.69) is 143 Å². The number of nitrogens with zero attached hydrogens (tertiary/aromatic N) is 3. The molecule has 4 heteroatoms. The second-order valence-corrected chi connectivity index (χ2v) is 11.5. The molecule has 0 spiro atoms. The number of fused-ring (bicyclic) bond motifs is 9. The first-order valence-electron chi connectivity index (χ1n) is 13.7. The molecule has 41 heavy (non-hydrogen) atoms. The van der Waals surface area contributed by atoms with E-state index in [9.17, 15) is 5.26 Å². The van der Waals surface area contributed by atoms with Crippen LogP contribution in [0.4, 0.5) is 0 Å². The monoisotopic (exact) mass is 539 g/mol. The molecule has 0 aliphatic carbocycles. The fourth-order valence-corrected chi connectivity index (χ4v) is 7.86. The zero-order chi connectivity index (χ0) is 27.1. The molecule has 190 valence electrons. The summed E-state index contributed by atoms with van der Waals surface area (Å²) in [6.45, 7) is 0. The molecule has 0 N–H and O–H groups in total. The predicted molar refractivity (Wildman–Crippen MR) is 173 cm³/mol. The lowest BCUT2D eigenvalue weighted by Crippen LogP contribution is -2.06. The third-order valence-corrected chi connectivity index (χ3v) is 9.56. The highest BCUT2D eigenvalue weighted by Crippen LogP contribution is 2.45. The lowest BCUT2D eigenvalue weighted by molar-refractivity contribution is 1.10. The molecule has 0 saturated heterocycles. The van der Waals surface area contributed by atoms with Crippen molar-refractivity contribution >= 4 is 75.1 Å². The molecule has 0 amide bonds. The van der Waals surface area contributed by atoms with E-state index < -0.39 is 0 Å². The summed E-state index contributed by atoms with van der Waals surface area (Å²) in [5.41, 5.74) is 7.04. The van der Waals surface area contributed by atoms with Crippen molar-refractivity contribution in [3.05, 3.63) is 133 Å². The van der Waals surface area contributed by atoms with Crippen LogP contribution >= 0.6 is 11.3 Å². The van der Waals surface area contributed by atoms with E-state index in [0.29, 0.717) is 5.56 Å². The zero-order valence-electron chi connectivity index (χ0n) is 21.9. The number of thiophene rings is 1. The van der Waals surface area contributed by atoms with Gasteiger partial charge in [-0.25, -0.2) is 0 Å². The molecular formula is C37H21N3S. The van der Waals surface area contributed by atoms with Gasteiger partial charge >= 0.3 is 0 Å². The number of hydrogen-bond donors (Lipinski definition) is 0. The molecule has 0 bridgehead atoms. The van der Waals surface area contributed by atoms with Gasteiger partial charge in [-0.1, -0.05) is 91.0 Å². The summed E-state index contributed by atoms with van der Waals surface area (Å²) in [6.07, 6.45) is 0. The molecule has 0 fully saturated rings. The van der Waals surface area contributed by atoms with Gasteiger partial charge in [-0.3, -0.25) is 0 Å². The minimum absolute atomic E-state index is 0.701. The van der Waals surface area contributed by atoms with Gasteiger partial charge in [0.1, 0.15) is 6.07 Å². The maximum absolute atomic E-state index is 11.0. The van der Waals surface area contributed by atoms with Crippen LogP contribution in [0.2, 0.25) is 0 Å². The van der Waals surface area contributed by atoms with Crippen molar-refractivity contribution < 1.29 is 0 Å². The molecule has 6 aromatic carbocycles. The zero-order valence-corrected chi connectivity index (χ0v) is 22.7. The summed E-state index contributed by atoms with van der Waals surface area (Å²) in [7, 11) is 0. The van der Waals surface area contributed by atoms with Crippen LogP contribution in [0.3, 0.4) is 0 Å². The number of para-hydroxylation sites is 4. The SMILES string of the molecule is N#Cc1c(-n2c3ccccc3c3ccccc32)c(-n2c3ccccc3c3ccccc32)cc2c1sc1ccccc12. The predicted octanol–water partition coefficient (Wildman–Crippen LogP) is 10.1. The largest absolute Gasteiger partial charge is 0.307 e. The quantitative estimate of drug-likeness (QED) is 0.215. The number of rotatable bonds is 2. The van der Waals surface area contributed by atoms with Crippen LogP contribution < -0.4 is 0 Å². The molecule has 3 nitrogen and oxygen atoms in total. The van der Waals surface area contributed by atoms with Gasteiger partial charge in [0, 0.05) is 37.0 Å². The van der Waals surface area contributed by atoms with Crippen molar-refractivity contribution in [2.24, 2.45) is 0 Å². The molecule has 9 rings (SSSR count). The maximum Gasteiger partial charge on any atom is 0.103 e. The minimum Gasteiger partial charge on any atom is -0.307 e. The smallest absolute Gasteiger partial charge is 0.103 e. The van der Waals surface area contributed by atoms with Crippen molar-refractivity contribution in [3.8, 4) is 17.4 Å². The molecule has 0 aliphatic heterocycles. The van der Waals surface area contributed by atoms with E-state index in [1.54, 1.807) is 11.3 Å². The van der Waals surface area contributed by atoms with Gasteiger partial charge in [0.2, 0.25) is 0 Å². The molecule has 0 unspecified atom stereocenters. The molecule has 0 saturated carbocycles. The van der Waals surface area contributed by atoms with Crippen molar-refractivity contribution in [2.75, 3.05) is 0 Å². The molecule has 0 aliphatic rings. The Morgan fingerprint density at radius 1 is 0.488 bits per heavy atom. The van der Waals surface area contributed by atoms with Crippen LogP contribution in [-0.2, 0) is 0 Å². The van der Waals surface area contributed by atoms with Gasteiger partial charge in [0.05, 0.1) is 43.7 Å². The maximum atomic E-state index is 11.0. The first kappa shape index (κ1) is 22.4. The molecule has 3 aromatic heterocycles. The van der Waals surface area contributed by atoms with Crippen LogP contribution in [0.15, 0.2) is 127 Å². The lowest BCUT2D eigenvalue weighted by Gasteiger charge is -2.19. The van der Waals surface area contributed by atoms with Gasteiger partial charge in [0.25, 0.3) is 0 Å². The molecule has 0 atom stereocenters. The van der Waals surface area contributed by atoms with Crippen LogP contribution in [-0.4, -0.2) is 9.13 Å². The van der Waals surface area contributed by atoms with E-state index >= 15 is 0 Å². The fourth-order valence-electron chi connectivity index (χ4n) is 6.68. The van der Waals surface area contributed by atoms with Crippen LogP contribution in [0.1, 0.15) is 5.56 Å². The van der Waals surface area contributed by atoms with E-state index in [0.717, 1.165) is 43.5 Å². The highest BCUT2D eigenvalue weighted by molar-refractivity contribution is 7.26. The summed E-state index contributed by atoms with van der Waals surface area (Å²) in [5, 5.41) is 18.0. The highest BCUT2D eigenvalue weighted by Gasteiger charge is 2.25. The summed E-state index contributed by atoms with van der Waals surface area (Å²) in [5.74, 6) is 0. The topological polar surface area (TPSA) is 33.6 Å². The van der Waals surface area contributed by atoms with Crippen LogP contribution in [0, 0.1) is 11.3 Å². The highest BCUT2D eigenvalue weighted by atomic mass is 32.1. The van der Waals surface area contributed by atoms with Gasteiger partial charge < -0.3 is 9.13 Å². The standard InChI is InChI=1S/C37H21N3S/c38-22-29-36(40-32-18-8-3-13-25(32)26-14-4-9-19-33(26)40)34(21-28-27-15-5-10-20-35(27)41-37(28)29)39-30-16-6-1-11-23(30)24-12-2-7-17-31(24)39/h1-21H. The van der Waals surface area contributed by atoms with Crippen molar-refractivity contribution in [2.45, 2.75) is 0 Å². The Morgan fingerprint density at radius 3 is 1.44 bits per heavy atom. The van der Waals surface area contributed by atoms with Crippen molar-refractivity contribution in [3.63, 3.8) is 0 Å². The fraction of sp³-hybridized carbons (Fsp3) is 0.